The van der Waals surface area contributed by atoms with Crippen molar-refractivity contribution in [1.82, 2.24) is 20.2 Å². The van der Waals surface area contributed by atoms with Crippen LogP contribution >= 0.6 is 11.3 Å². The Labute approximate surface area is 200 Å². The quantitative estimate of drug-likeness (QED) is 0.448. The lowest BCUT2D eigenvalue weighted by atomic mass is 9.80. The van der Waals surface area contributed by atoms with Crippen molar-refractivity contribution < 1.29 is 9.53 Å². The Bertz CT molecular complexity index is 923. The molecule has 0 spiro atoms. The van der Waals surface area contributed by atoms with Crippen LogP contribution < -0.4 is 15.5 Å². The van der Waals surface area contributed by atoms with E-state index in [9.17, 15) is 4.79 Å². The predicted octanol–water partition coefficient (Wildman–Crippen LogP) is 3.22. The Kier molecular flexibility index (Phi) is 7.21. The second-order valence-electron chi connectivity index (χ2n) is 10.3. The number of nitrogens with one attached hydrogen (secondary N) is 2. The van der Waals surface area contributed by atoms with Crippen molar-refractivity contribution in [3.8, 4) is 10.6 Å². The lowest BCUT2D eigenvalue weighted by molar-refractivity contribution is -0.129. The summed E-state index contributed by atoms with van der Waals surface area (Å²) in [6, 6.07) is 6.67. The van der Waals surface area contributed by atoms with Gasteiger partial charge in [-0.25, -0.2) is 9.97 Å². The standard InChI is InChI=1S/C24H36N6O2S/c1-23(2)15-18(16-24(3,4)28-23)26-22-25-8-7-19(27-22)20-5-6-21(33-20)30-11-9-29(10-12-30)13-14-32-17-31/h5-8,17-18,28H,9-16H2,1-4H3,(H,25,26,27). The number of carbonyl (C=O) groups is 1. The van der Waals surface area contributed by atoms with Crippen LogP contribution in [0.2, 0.25) is 0 Å². The van der Waals surface area contributed by atoms with Crippen molar-refractivity contribution in [3.63, 3.8) is 0 Å². The second kappa shape index (κ2) is 9.95. The van der Waals surface area contributed by atoms with E-state index in [0.717, 1.165) is 56.1 Å². The van der Waals surface area contributed by atoms with Crippen molar-refractivity contribution in [2.24, 2.45) is 0 Å². The highest BCUT2D eigenvalue weighted by Crippen LogP contribution is 2.34. The highest BCUT2D eigenvalue weighted by Gasteiger charge is 2.37. The molecule has 0 saturated carbocycles. The number of ether oxygens (including phenoxy) is 1. The van der Waals surface area contributed by atoms with Crippen LogP contribution in [0.4, 0.5) is 10.9 Å². The van der Waals surface area contributed by atoms with Crippen molar-refractivity contribution in [2.45, 2.75) is 57.7 Å². The number of rotatable bonds is 8. The molecule has 2 saturated heterocycles. The Morgan fingerprint density at radius 2 is 1.88 bits per heavy atom. The minimum absolute atomic E-state index is 0.0746. The van der Waals surface area contributed by atoms with Crippen molar-refractivity contribution in [1.29, 1.82) is 0 Å². The third-order valence-electron chi connectivity index (χ3n) is 6.30. The molecule has 0 amide bonds. The molecule has 4 heterocycles. The zero-order valence-electron chi connectivity index (χ0n) is 20.1. The molecule has 8 nitrogen and oxygen atoms in total. The molecule has 33 heavy (non-hydrogen) atoms. The van der Waals surface area contributed by atoms with Crippen molar-refractivity contribution in [3.05, 3.63) is 24.4 Å². The van der Waals surface area contributed by atoms with Gasteiger partial charge in [-0.05, 0) is 58.7 Å². The Morgan fingerprint density at radius 1 is 1.15 bits per heavy atom. The molecule has 2 N–H and O–H groups in total. The van der Waals surface area contributed by atoms with Gasteiger partial charge in [-0.2, -0.15) is 0 Å². The molecule has 0 atom stereocenters. The maximum absolute atomic E-state index is 10.3. The number of hydrogen-bond donors (Lipinski definition) is 2. The van der Waals surface area contributed by atoms with Crippen LogP contribution in [-0.2, 0) is 9.53 Å². The monoisotopic (exact) mass is 472 g/mol. The zero-order chi connectivity index (χ0) is 23.5. The van der Waals surface area contributed by atoms with Gasteiger partial charge in [0.15, 0.2) is 0 Å². The van der Waals surface area contributed by atoms with Crippen LogP contribution in [0.15, 0.2) is 24.4 Å². The Balaban J connectivity index is 1.37. The molecule has 180 valence electrons. The van der Waals surface area contributed by atoms with E-state index in [4.69, 9.17) is 9.72 Å². The van der Waals surface area contributed by atoms with Gasteiger partial charge in [0, 0.05) is 56.0 Å². The summed E-state index contributed by atoms with van der Waals surface area (Å²) >= 11 is 1.78. The van der Waals surface area contributed by atoms with E-state index < -0.39 is 0 Å². The molecular weight excluding hydrogens is 436 g/mol. The lowest BCUT2D eigenvalue weighted by Crippen LogP contribution is -2.60. The predicted molar refractivity (Wildman–Crippen MR) is 134 cm³/mol. The molecule has 9 heteroatoms. The van der Waals surface area contributed by atoms with Crippen LogP contribution in [-0.4, -0.2) is 77.8 Å². The van der Waals surface area contributed by atoms with E-state index in [-0.39, 0.29) is 11.1 Å². The summed E-state index contributed by atoms with van der Waals surface area (Å²) in [5.41, 5.74) is 1.11. The summed E-state index contributed by atoms with van der Waals surface area (Å²) < 4.78 is 4.82. The van der Waals surface area contributed by atoms with Crippen LogP contribution in [0, 0.1) is 0 Å². The average molecular weight is 473 g/mol. The largest absolute Gasteiger partial charge is 0.467 e. The zero-order valence-corrected chi connectivity index (χ0v) is 21.0. The van der Waals surface area contributed by atoms with Gasteiger partial charge in [-0.15, -0.1) is 11.3 Å². The van der Waals surface area contributed by atoms with Crippen LogP contribution in [0.5, 0.6) is 0 Å². The van der Waals surface area contributed by atoms with Gasteiger partial charge in [0.1, 0.15) is 6.61 Å². The summed E-state index contributed by atoms with van der Waals surface area (Å²) in [5.74, 6) is 0.701. The number of thiophene rings is 1. The minimum Gasteiger partial charge on any atom is -0.467 e. The molecule has 2 fully saturated rings. The SMILES string of the molecule is CC1(C)CC(Nc2nccc(-c3ccc(N4CCN(CCOC=O)CC4)s3)n2)CC(C)(C)N1. The van der Waals surface area contributed by atoms with Crippen molar-refractivity contribution >= 4 is 28.8 Å². The first-order chi connectivity index (χ1) is 15.7. The summed E-state index contributed by atoms with van der Waals surface area (Å²) in [7, 11) is 0. The molecule has 0 aromatic carbocycles. The minimum atomic E-state index is 0.0746. The van der Waals surface area contributed by atoms with E-state index >= 15 is 0 Å². The second-order valence-corrected chi connectivity index (χ2v) is 11.4. The van der Waals surface area contributed by atoms with Gasteiger partial charge in [0.25, 0.3) is 6.47 Å². The fourth-order valence-electron chi connectivity index (χ4n) is 5.23. The number of hydrogen-bond acceptors (Lipinski definition) is 9. The first-order valence-electron chi connectivity index (χ1n) is 11.7. The Hall–Kier alpha value is -2.23. The number of piperidine rings is 1. The van der Waals surface area contributed by atoms with Gasteiger partial charge in [0.2, 0.25) is 5.95 Å². The fraction of sp³-hybridized carbons (Fsp3) is 0.625. The summed E-state index contributed by atoms with van der Waals surface area (Å²) in [6.07, 6.45) is 3.91. The molecule has 0 bridgehead atoms. The molecule has 2 aromatic heterocycles. The number of carbonyl (C=O) groups excluding carboxylic acids is 1. The van der Waals surface area contributed by atoms with E-state index in [1.54, 1.807) is 11.3 Å². The topological polar surface area (TPSA) is 82.6 Å². The van der Waals surface area contributed by atoms with Crippen LogP contribution in [0.25, 0.3) is 10.6 Å². The molecular formula is C24H36N6O2S. The molecule has 2 aliphatic rings. The molecule has 0 aliphatic carbocycles. The van der Waals surface area contributed by atoms with E-state index in [2.05, 4.69) is 65.2 Å². The lowest BCUT2D eigenvalue weighted by Gasteiger charge is -2.46. The maximum atomic E-state index is 10.3. The van der Waals surface area contributed by atoms with E-state index in [1.165, 1.54) is 5.00 Å². The number of piperazine rings is 1. The fourth-order valence-corrected chi connectivity index (χ4v) is 6.26. The smallest absolute Gasteiger partial charge is 0.293 e. The molecule has 2 aromatic rings. The summed E-state index contributed by atoms with van der Waals surface area (Å²) in [4.78, 5) is 25.6. The third-order valence-corrected chi connectivity index (χ3v) is 7.47. The summed E-state index contributed by atoms with van der Waals surface area (Å²) in [5, 5.41) is 8.59. The van der Waals surface area contributed by atoms with Gasteiger partial charge in [-0.3, -0.25) is 9.69 Å². The first kappa shape index (κ1) is 23.9. The van der Waals surface area contributed by atoms with Gasteiger partial charge in [-0.1, -0.05) is 0 Å². The highest BCUT2D eigenvalue weighted by molar-refractivity contribution is 7.19. The van der Waals surface area contributed by atoms with Gasteiger partial charge < -0.3 is 20.3 Å². The first-order valence-corrected chi connectivity index (χ1v) is 12.6. The van der Waals surface area contributed by atoms with E-state index in [1.807, 2.05) is 12.3 Å². The van der Waals surface area contributed by atoms with Crippen molar-refractivity contribution in [2.75, 3.05) is 49.5 Å². The highest BCUT2D eigenvalue weighted by atomic mass is 32.1. The number of aromatic nitrogens is 2. The molecule has 0 unspecified atom stereocenters. The van der Waals surface area contributed by atoms with E-state index in [0.29, 0.717) is 25.1 Å². The Morgan fingerprint density at radius 3 is 2.58 bits per heavy atom. The van der Waals surface area contributed by atoms with Crippen LogP contribution in [0.1, 0.15) is 40.5 Å². The third kappa shape index (κ3) is 6.43. The van der Waals surface area contributed by atoms with Gasteiger partial charge in [0.05, 0.1) is 15.6 Å². The maximum Gasteiger partial charge on any atom is 0.293 e. The number of nitrogens with zero attached hydrogens (tertiary/aromatic N) is 4. The van der Waals surface area contributed by atoms with Crippen LogP contribution in [0.3, 0.4) is 0 Å². The molecule has 4 rings (SSSR count). The molecule has 2 aliphatic heterocycles. The van der Waals surface area contributed by atoms with Gasteiger partial charge >= 0.3 is 0 Å². The summed E-state index contributed by atoms with van der Waals surface area (Å²) in [6.45, 7) is 14.7. The number of anilines is 2. The average Bonchev–Trinajstić information content (AvgIpc) is 3.23. The molecule has 0 radical (unpaired) electrons. The normalized spacial score (nSPS) is 21.0.